The first kappa shape index (κ1) is 15.3. The monoisotopic (exact) mass is 308 g/mol. The molecule has 5 unspecified atom stereocenters. The lowest BCUT2D eigenvalue weighted by Crippen LogP contribution is -2.26. The van der Waals surface area contributed by atoms with Gasteiger partial charge in [0.1, 0.15) is 17.9 Å². The normalized spacial score (nSPS) is 28.1. The van der Waals surface area contributed by atoms with Crippen molar-refractivity contribution in [3.05, 3.63) is 18.3 Å². The molecular formula is C14H20N4O4. The highest BCUT2D eigenvalue weighted by atomic mass is 16.6. The van der Waals surface area contributed by atoms with Crippen LogP contribution in [0.2, 0.25) is 0 Å². The highest BCUT2D eigenvalue weighted by molar-refractivity contribution is 5.72. The molecule has 0 amide bonds. The molecule has 3 rings (SSSR count). The molecule has 0 radical (unpaired) electrons. The third-order valence-corrected chi connectivity index (χ3v) is 3.82. The van der Waals surface area contributed by atoms with Gasteiger partial charge < -0.3 is 19.7 Å². The number of rotatable bonds is 4. The van der Waals surface area contributed by atoms with Gasteiger partial charge in [0.2, 0.25) is 0 Å². The largest absolute Gasteiger partial charge is 0.391 e. The van der Waals surface area contributed by atoms with E-state index >= 15 is 0 Å². The molecule has 1 saturated heterocycles. The second kappa shape index (κ2) is 5.88. The summed E-state index contributed by atoms with van der Waals surface area (Å²) in [6, 6.07) is 0. The summed E-state index contributed by atoms with van der Waals surface area (Å²) in [5, 5.41) is 19.3. The Hall–Kier alpha value is -1.61. The zero-order valence-corrected chi connectivity index (χ0v) is 12.7. The number of aliphatic hydroxyl groups excluding tert-OH is 2. The number of hydrogen-bond acceptors (Lipinski definition) is 7. The molecule has 0 aromatic carbocycles. The van der Waals surface area contributed by atoms with Gasteiger partial charge >= 0.3 is 0 Å². The highest BCUT2D eigenvalue weighted by Crippen LogP contribution is 2.35. The van der Waals surface area contributed by atoms with E-state index < -0.39 is 24.7 Å². The Balaban J connectivity index is 1.97. The summed E-state index contributed by atoms with van der Waals surface area (Å²) in [5.41, 5.74) is 2.12. The van der Waals surface area contributed by atoms with Crippen LogP contribution < -0.4 is 0 Å². The van der Waals surface area contributed by atoms with Gasteiger partial charge in [-0.1, -0.05) is 0 Å². The molecule has 1 fully saturated rings. The van der Waals surface area contributed by atoms with Gasteiger partial charge in [-0.25, -0.2) is 15.0 Å². The first-order chi connectivity index (χ1) is 10.5. The summed E-state index contributed by atoms with van der Waals surface area (Å²) in [6.07, 6.45) is 0.763. The summed E-state index contributed by atoms with van der Waals surface area (Å²) >= 11 is 0. The van der Waals surface area contributed by atoms with Crippen molar-refractivity contribution in [1.29, 1.82) is 0 Å². The predicted octanol–water partition coefficient (Wildman–Crippen LogP) is 0.527. The Morgan fingerprint density at radius 1 is 1.32 bits per heavy atom. The third-order valence-electron chi connectivity index (χ3n) is 3.82. The van der Waals surface area contributed by atoms with Crippen molar-refractivity contribution in [2.45, 2.75) is 58.0 Å². The van der Waals surface area contributed by atoms with Crippen LogP contribution in [0.1, 0.15) is 32.2 Å². The quantitative estimate of drug-likeness (QED) is 0.794. The van der Waals surface area contributed by atoms with E-state index in [1.807, 2.05) is 6.92 Å². The van der Waals surface area contributed by atoms with Gasteiger partial charge in [0.15, 0.2) is 18.2 Å². The maximum atomic E-state index is 9.78. The van der Waals surface area contributed by atoms with Gasteiger partial charge in [0.25, 0.3) is 0 Å². The second-order valence-corrected chi connectivity index (χ2v) is 5.60. The zero-order valence-electron chi connectivity index (χ0n) is 12.7. The van der Waals surface area contributed by atoms with E-state index in [1.54, 1.807) is 24.7 Å². The highest BCUT2D eigenvalue weighted by Gasteiger charge is 2.40. The topological polar surface area (TPSA) is 103 Å². The minimum absolute atomic E-state index is 0.367. The molecule has 0 bridgehead atoms. The number of aryl methyl sites for hydroxylation is 1. The van der Waals surface area contributed by atoms with Gasteiger partial charge in [-0.05, 0) is 20.8 Å². The standard InChI is InChI=1S/C14H20N4O4/c1-7-12-13(16-5-15-7)18(6-17-12)14-11(21-9(3)20)4-10(22-14)8(2)19/h5-6,8-11,14,19-20H,4H2,1-3H3. The van der Waals surface area contributed by atoms with Crippen LogP contribution in [0.15, 0.2) is 12.7 Å². The number of ether oxygens (including phenoxy) is 2. The number of hydrogen-bond donors (Lipinski definition) is 2. The lowest BCUT2D eigenvalue weighted by molar-refractivity contribution is -0.155. The summed E-state index contributed by atoms with van der Waals surface area (Å²) < 4.78 is 13.2. The van der Waals surface area contributed by atoms with E-state index in [2.05, 4.69) is 15.0 Å². The average Bonchev–Trinajstić information content (AvgIpc) is 3.02. The number of aliphatic hydroxyl groups is 2. The van der Waals surface area contributed by atoms with Gasteiger partial charge in [-0.2, -0.15) is 0 Å². The van der Waals surface area contributed by atoms with E-state index in [0.717, 1.165) is 5.69 Å². The maximum Gasteiger partial charge on any atom is 0.165 e. The molecule has 2 aromatic heterocycles. The van der Waals surface area contributed by atoms with E-state index in [-0.39, 0.29) is 6.10 Å². The van der Waals surface area contributed by atoms with Gasteiger partial charge in [0.05, 0.1) is 24.2 Å². The first-order valence-corrected chi connectivity index (χ1v) is 7.28. The third kappa shape index (κ3) is 2.70. The van der Waals surface area contributed by atoms with E-state index in [9.17, 15) is 10.2 Å². The average molecular weight is 308 g/mol. The molecule has 8 nitrogen and oxygen atoms in total. The maximum absolute atomic E-state index is 9.78. The fraction of sp³-hybridized carbons (Fsp3) is 0.643. The first-order valence-electron chi connectivity index (χ1n) is 7.28. The van der Waals surface area contributed by atoms with Crippen molar-refractivity contribution in [2.75, 3.05) is 0 Å². The van der Waals surface area contributed by atoms with Crippen molar-refractivity contribution < 1.29 is 19.7 Å². The van der Waals surface area contributed by atoms with Crippen molar-refractivity contribution in [2.24, 2.45) is 0 Å². The molecule has 2 N–H and O–H groups in total. The van der Waals surface area contributed by atoms with Crippen molar-refractivity contribution >= 4 is 11.2 Å². The predicted molar refractivity (Wildman–Crippen MR) is 76.8 cm³/mol. The van der Waals surface area contributed by atoms with Gasteiger partial charge in [-0.15, -0.1) is 0 Å². The number of fused-ring (bicyclic) bond motifs is 1. The minimum Gasteiger partial charge on any atom is -0.391 e. The molecule has 1 aliphatic heterocycles. The Bertz CT molecular complexity index is 657. The molecule has 0 saturated carbocycles. The van der Waals surface area contributed by atoms with Crippen LogP contribution in [0, 0.1) is 6.92 Å². The molecule has 22 heavy (non-hydrogen) atoms. The van der Waals surface area contributed by atoms with Crippen LogP contribution in [0.25, 0.3) is 11.2 Å². The SMILES string of the molecule is Cc1ncnc2c1ncn2C1OC(C(C)O)CC1OC(C)O. The van der Waals surface area contributed by atoms with E-state index in [0.29, 0.717) is 17.6 Å². The van der Waals surface area contributed by atoms with Crippen molar-refractivity contribution in [3.63, 3.8) is 0 Å². The van der Waals surface area contributed by atoms with Crippen LogP contribution in [0.4, 0.5) is 0 Å². The molecule has 0 aliphatic carbocycles. The summed E-state index contributed by atoms with van der Waals surface area (Å²) in [4.78, 5) is 12.7. The van der Waals surface area contributed by atoms with E-state index in [1.165, 1.54) is 6.33 Å². The molecule has 2 aromatic rings. The Labute approximate surface area is 127 Å². The fourth-order valence-corrected chi connectivity index (χ4v) is 2.75. The van der Waals surface area contributed by atoms with Crippen molar-refractivity contribution in [3.8, 4) is 0 Å². The number of imidazole rings is 1. The molecule has 8 heteroatoms. The van der Waals surface area contributed by atoms with Gasteiger partial charge in [-0.3, -0.25) is 4.57 Å². The Morgan fingerprint density at radius 3 is 2.77 bits per heavy atom. The Kier molecular flexibility index (Phi) is 4.09. The fourth-order valence-electron chi connectivity index (χ4n) is 2.75. The number of aromatic nitrogens is 4. The Morgan fingerprint density at radius 2 is 2.09 bits per heavy atom. The smallest absolute Gasteiger partial charge is 0.165 e. The van der Waals surface area contributed by atoms with Crippen molar-refractivity contribution in [1.82, 2.24) is 19.5 Å². The summed E-state index contributed by atoms with van der Waals surface area (Å²) in [7, 11) is 0. The molecule has 0 spiro atoms. The molecular weight excluding hydrogens is 288 g/mol. The van der Waals surface area contributed by atoms with E-state index in [4.69, 9.17) is 9.47 Å². The molecule has 5 atom stereocenters. The van der Waals surface area contributed by atoms with Crippen LogP contribution in [0.5, 0.6) is 0 Å². The van der Waals surface area contributed by atoms with Crippen LogP contribution in [0.3, 0.4) is 0 Å². The number of nitrogens with zero attached hydrogens (tertiary/aromatic N) is 4. The second-order valence-electron chi connectivity index (χ2n) is 5.60. The molecule has 120 valence electrons. The van der Waals surface area contributed by atoms with Gasteiger partial charge in [0, 0.05) is 6.42 Å². The zero-order chi connectivity index (χ0) is 15.9. The van der Waals surface area contributed by atoms with Crippen LogP contribution in [-0.2, 0) is 9.47 Å². The molecule has 1 aliphatic rings. The summed E-state index contributed by atoms with van der Waals surface area (Å²) in [5.74, 6) is 0. The summed E-state index contributed by atoms with van der Waals surface area (Å²) in [6.45, 7) is 5.08. The van der Waals surface area contributed by atoms with Crippen LogP contribution >= 0.6 is 0 Å². The minimum atomic E-state index is -0.921. The lowest BCUT2D eigenvalue weighted by Gasteiger charge is -2.22. The van der Waals surface area contributed by atoms with Crippen LogP contribution in [-0.4, -0.2) is 54.3 Å². The molecule has 3 heterocycles. The lowest BCUT2D eigenvalue weighted by atomic mass is 10.1.